The van der Waals surface area contributed by atoms with Crippen LogP contribution < -0.4 is 5.32 Å². The van der Waals surface area contributed by atoms with Crippen molar-refractivity contribution in [2.45, 2.75) is 44.9 Å². The fraction of sp³-hybridized carbons (Fsp3) is 0.381. The van der Waals surface area contributed by atoms with Gasteiger partial charge in [0.25, 0.3) is 0 Å². The Labute approximate surface area is 143 Å². The van der Waals surface area contributed by atoms with Gasteiger partial charge in [0.1, 0.15) is 5.82 Å². The molecule has 24 heavy (non-hydrogen) atoms. The fourth-order valence-electron chi connectivity index (χ4n) is 3.55. The number of hydrogen-bond acceptors (Lipinski definition) is 1. The number of halogens is 1. The van der Waals surface area contributed by atoms with E-state index in [1.807, 2.05) is 0 Å². The molecule has 1 amide bonds. The Kier molecular flexibility index (Phi) is 5.29. The van der Waals surface area contributed by atoms with E-state index >= 15 is 0 Å². The molecule has 0 spiro atoms. The largest absolute Gasteiger partial charge is 0.326 e. The smallest absolute Gasteiger partial charge is 0.224 e. The monoisotopic (exact) mass is 325 g/mol. The summed E-state index contributed by atoms with van der Waals surface area (Å²) < 4.78 is 12.9. The van der Waals surface area contributed by atoms with Gasteiger partial charge in [0, 0.05) is 12.1 Å². The zero-order valence-electron chi connectivity index (χ0n) is 14.1. The van der Waals surface area contributed by atoms with Crippen molar-refractivity contribution in [1.82, 2.24) is 0 Å². The molecule has 3 rings (SSSR count). The molecular formula is C21H24FNO. The summed E-state index contributed by atoms with van der Waals surface area (Å²) in [6.45, 7) is 2.11. The molecule has 126 valence electrons. The van der Waals surface area contributed by atoms with Crippen LogP contribution in [0.5, 0.6) is 0 Å². The van der Waals surface area contributed by atoms with Gasteiger partial charge in [-0.15, -0.1) is 0 Å². The maximum absolute atomic E-state index is 12.9. The van der Waals surface area contributed by atoms with Gasteiger partial charge in [-0.25, -0.2) is 4.39 Å². The lowest BCUT2D eigenvalue weighted by Crippen LogP contribution is -2.20. The standard InChI is InChI=1S/C21H24FNO/c1-15-2-6-17(7-3-15)18-8-4-16(5-9-18)14-21(24)23-20-12-10-19(22)11-13-20/h2-3,6-7,10-13,16,18H,4-5,8-9,14H2,1H3,(H,23,24)/t16-,18+. The van der Waals surface area contributed by atoms with Gasteiger partial charge in [-0.1, -0.05) is 29.8 Å². The fourth-order valence-corrected chi connectivity index (χ4v) is 3.55. The summed E-state index contributed by atoms with van der Waals surface area (Å²) in [6.07, 6.45) is 5.04. The zero-order valence-corrected chi connectivity index (χ0v) is 14.1. The molecule has 0 heterocycles. The lowest BCUT2D eigenvalue weighted by molar-refractivity contribution is -0.117. The van der Waals surface area contributed by atoms with Crippen LogP contribution in [-0.4, -0.2) is 5.91 Å². The average Bonchev–Trinajstić information content (AvgIpc) is 2.58. The SMILES string of the molecule is Cc1ccc([C@H]2CC[C@@H](CC(=O)Nc3ccc(F)cc3)CC2)cc1. The first kappa shape index (κ1) is 16.7. The van der Waals surface area contributed by atoms with Gasteiger partial charge < -0.3 is 5.32 Å². The predicted octanol–water partition coefficient (Wildman–Crippen LogP) is 5.44. The van der Waals surface area contributed by atoms with E-state index < -0.39 is 0 Å². The predicted molar refractivity (Wildman–Crippen MR) is 95.5 cm³/mol. The molecule has 0 bridgehead atoms. The van der Waals surface area contributed by atoms with Gasteiger partial charge >= 0.3 is 0 Å². The summed E-state index contributed by atoms with van der Waals surface area (Å²) in [6, 6.07) is 14.8. The van der Waals surface area contributed by atoms with Crippen LogP contribution in [0.2, 0.25) is 0 Å². The van der Waals surface area contributed by atoms with E-state index in [0.29, 0.717) is 23.9 Å². The summed E-state index contributed by atoms with van der Waals surface area (Å²) in [5.41, 5.74) is 3.38. The van der Waals surface area contributed by atoms with Crippen LogP contribution in [0.25, 0.3) is 0 Å². The highest BCUT2D eigenvalue weighted by Crippen LogP contribution is 2.37. The van der Waals surface area contributed by atoms with Crippen LogP contribution in [0.1, 0.15) is 49.1 Å². The Balaban J connectivity index is 1.47. The lowest BCUT2D eigenvalue weighted by atomic mass is 9.77. The second-order valence-corrected chi connectivity index (χ2v) is 6.89. The van der Waals surface area contributed by atoms with Gasteiger partial charge in [0.05, 0.1) is 0 Å². The lowest BCUT2D eigenvalue weighted by Gasteiger charge is -2.28. The van der Waals surface area contributed by atoms with Crippen LogP contribution in [-0.2, 0) is 4.79 Å². The number of nitrogens with one attached hydrogen (secondary N) is 1. The number of amides is 1. The van der Waals surface area contributed by atoms with Gasteiger partial charge in [-0.05, 0) is 74.3 Å². The molecule has 2 nitrogen and oxygen atoms in total. The Hall–Kier alpha value is -2.16. The van der Waals surface area contributed by atoms with E-state index in [9.17, 15) is 9.18 Å². The quantitative estimate of drug-likeness (QED) is 0.797. The van der Waals surface area contributed by atoms with Crippen LogP contribution in [0.4, 0.5) is 10.1 Å². The molecule has 2 aromatic rings. The molecule has 1 aliphatic rings. The van der Waals surface area contributed by atoms with Gasteiger partial charge in [0.15, 0.2) is 0 Å². The topological polar surface area (TPSA) is 29.1 Å². The molecule has 0 saturated heterocycles. The van der Waals surface area contributed by atoms with Crippen molar-refractivity contribution in [3.63, 3.8) is 0 Å². The molecule has 1 N–H and O–H groups in total. The van der Waals surface area contributed by atoms with Crippen molar-refractivity contribution >= 4 is 11.6 Å². The van der Waals surface area contributed by atoms with Crippen molar-refractivity contribution < 1.29 is 9.18 Å². The highest BCUT2D eigenvalue weighted by molar-refractivity contribution is 5.90. The number of rotatable bonds is 4. The van der Waals surface area contributed by atoms with E-state index in [1.54, 1.807) is 12.1 Å². The van der Waals surface area contributed by atoms with E-state index in [1.165, 1.54) is 23.3 Å². The second-order valence-electron chi connectivity index (χ2n) is 6.89. The third-order valence-electron chi connectivity index (χ3n) is 5.00. The number of carbonyl (C=O) groups excluding carboxylic acids is 1. The first-order valence-electron chi connectivity index (χ1n) is 8.72. The Bertz CT molecular complexity index is 670. The first-order valence-corrected chi connectivity index (χ1v) is 8.72. The van der Waals surface area contributed by atoms with Crippen LogP contribution >= 0.6 is 0 Å². The number of aryl methyl sites for hydroxylation is 1. The van der Waals surface area contributed by atoms with Crippen molar-refractivity contribution in [1.29, 1.82) is 0 Å². The molecule has 0 unspecified atom stereocenters. The molecule has 0 atom stereocenters. The number of carbonyl (C=O) groups is 1. The Morgan fingerprint density at radius 3 is 2.25 bits per heavy atom. The van der Waals surface area contributed by atoms with E-state index in [-0.39, 0.29) is 11.7 Å². The molecule has 2 aromatic carbocycles. The normalized spacial score (nSPS) is 20.6. The third-order valence-corrected chi connectivity index (χ3v) is 5.00. The van der Waals surface area contributed by atoms with E-state index in [2.05, 4.69) is 36.5 Å². The third kappa shape index (κ3) is 4.44. The summed E-state index contributed by atoms with van der Waals surface area (Å²) >= 11 is 0. The molecule has 0 aliphatic heterocycles. The average molecular weight is 325 g/mol. The van der Waals surface area contributed by atoms with Gasteiger partial charge in [0.2, 0.25) is 5.91 Å². The first-order chi connectivity index (χ1) is 11.6. The van der Waals surface area contributed by atoms with E-state index in [4.69, 9.17) is 0 Å². The van der Waals surface area contributed by atoms with Crippen molar-refractivity contribution in [2.24, 2.45) is 5.92 Å². The number of hydrogen-bond donors (Lipinski definition) is 1. The molecule has 0 aromatic heterocycles. The van der Waals surface area contributed by atoms with Crippen molar-refractivity contribution in [3.8, 4) is 0 Å². The van der Waals surface area contributed by atoms with Crippen LogP contribution in [0.3, 0.4) is 0 Å². The summed E-state index contributed by atoms with van der Waals surface area (Å²) in [5, 5.41) is 2.86. The Morgan fingerprint density at radius 2 is 1.62 bits per heavy atom. The summed E-state index contributed by atoms with van der Waals surface area (Å²) in [4.78, 5) is 12.1. The molecule has 0 radical (unpaired) electrons. The maximum Gasteiger partial charge on any atom is 0.224 e. The molecule has 3 heteroatoms. The number of anilines is 1. The minimum absolute atomic E-state index is 0.0281. The molecular weight excluding hydrogens is 301 g/mol. The summed E-state index contributed by atoms with van der Waals surface area (Å²) in [7, 11) is 0. The Morgan fingerprint density at radius 1 is 1.00 bits per heavy atom. The maximum atomic E-state index is 12.9. The van der Waals surface area contributed by atoms with Gasteiger partial charge in [-0.2, -0.15) is 0 Å². The van der Waals surface area contributed by atoms with Crippen LogP contribution in [0.15, 0.2) is 48.5 Å². The molecule has 1 saturated carbocycles. The van der Waals surface area contributed by atoms with Crippen molar-refractivity contribution in [2.75, 3.05) is 5.32 Å². The van der Waals surface area contributed by atoms with Gasteiger partial charge in [-0.3, -0.25) is 4.79 Å². The van der Waals surface area contributed by atoms with E-state index in [0.717, 1.165) is 25.7 Å². The van der Waals surface area contributed by atoms with Crippen LogP contribution in [0, 0.1) is 18.7 Å². The number of benzene rings is 2. The zero-order chi connectivity index (χ0) is 16.9. The molecule has 1 aliphatic carbocycles. The highest BCUT2D eigenvalue weighted by Gasteiger charge is 2.24. The minimum atomic E-state index is -0.289. The summed E-state index contributed by atoms with van der Waals surface area (Å²) in [5.74, 6) is 0.817. The molecule has 1 fully saturated rings. The second kappa shape index (κ2) is 7.61. The highest BCUT2D eigenvalue weighted by atomic mass is 19.1. The minimum Gasteiger partial charge on any atom is -0.326 e. The van der Waals surface area contributed by atoms with Crippen molar-refractivity contribution in [3.05, 3.63) is 65.5 Å².